The van der Waals surface area contributed by atoms with Crippen molar-refractivity contribution in [3.05, 3.63) is 40.7 Å². The number of carbonyl (C=O) groups excluding carboxylic acids is 1. The summed E-state index contributed by atoms with van der Waals surface area (Å²) in [6.07, 6.45) is 9.21. The Hall–Kier alpha value is -2.29. The third-order valence-corrected chi connectivity index (χ3v) is 10.0. The van der Waals surface area contributed by atoms with Crippen molar-refractivity contribution in [2.24, 2.45) is 16.7 Å². The van der Waals surface area contributed by atoms with Crippen LogP contribution in [0.25, 0.3) is 0 Å². The highest BCUT2D eigenvalue weighted by Gasteiger charge is 2.57. The van der Waals surface area contributed by atoms with Gasteiger partial charge in [0, 0.05) is 73.6 Å². The number of halogens is 3. The predicted molar refractivity (Wildman–Crippen MR) is 134 cm³/mol. The normalized spacial score (nSPS) is 26.5. The van der Waals surface area contributed by atoms with Crippen molar-refractivity contribution in [3.8, 4) is 0 Å². The van der Waals surface area contributed by atoms with Crippen LogP contribution in [0.5, 0.6) is 0 Å². The molecule has 7 nitrogen and oxygen atoms in total. The molecule has 4 heterocycles. The molecule has 0 radical (unpaired) electrons. The van der Waals surface area contributed by atoms with Gasteiger partial charge in [-0.25, -0.2) is 18.6 Å². The van der Waals surface area contributed by atoms with Crippen LogP contribution in [-0.4, -0.2) is 68.1 Å². The fourth-order valence-corrected chi connectivity index (χ4v) is 7.68. The number of hydrogen-bond acceptors (Lipinski definition) is 4. The molecule has 2 amide bonds. The SMILES string of the molecule is O=C(N1CC2(CCC(Cc3ccc(Cl)cn3)CC2)C1)N1CC2(CC(c3nc(C4CC(F)(F)C4)n[nH]3)C2)C1. The van der Waals surface area contributed by atoms with Gasteiger partial charge in [0.2, 0.25) is 5.92 Å². The fourth-order valence-electron chi connectivity index (χ4n) is 7.56. The predicted octanol–water partition coefficient (Wildman–Crippen LogP) is 5.40. The molecule has 10 heteroatoms. The summed E-state index contributed by atoms with van der Waals surface area (Å²) in [5.41, 5.74) is 1.64. The Balaban J connectivity index is 0.837. The van der Waals surface area contributed by atoms with Crippen LogP contribution in [-0.2, 0) is 6.42 Å². The van der Waals surface area contributed by atoms with E-state index in [1.807, 2.05) is 21.9 Å². The molecule has 2 spiro atoms. The minimum absolute atomic E-state index is 0.144. The molecule has 0 aromatic carbocycles. The lowest BCUT2D eigenvalue weighted by Crippen LogP contribution is -2.69. The second-order valence-corrected chi connectivity index (χ2v) is 13.2. The van der Waals surface area contributed by atoms with E-state index in [-0.39, 0.29) is 30.2 Å². The molecule has 5 aliphatic rings. The van der Waals surface area contributed by atoms with E-state index >= 15 is 0 Å². The number of aromatic amines is 1. The first-order chi connectivity index (χ1) is 17.7. The first-order valence-corrected chi connectivity index (χ1v) is 14.0. The van der Waals surface area contributed by atoms with Crippen molar-refractivity contribution in [2.45, 2.75) is 75.5 Å². The number of likely N-dealkylation sites (tertiary alicyclic amines) is 2. The second kappa shape index (κ2) is 8.35. The average Bonchev–Trinajstić information content (AvgIpc) is 3.25. The maximum atomic E-state index is 13.2. The molecule has 7 rings (SSSR count). The third kappa shape index (κ3) is 4.31. The Morgan fingerprint density at radius 3 is 2.30 bits per heavy atom. The van der Waals surface area contributed by atoms with Gasteiger partial charge in [-0.15, -0.1) is 0 Å². The summed E-state index contributed by atoms with van der Waals surface area (Å²) in [4.78, 5) is 26.1. The van der Waals surface area contributed by atoms with Gasteiger partial charge in [0.15, 0.2) is 5.82 Å². The molecule has 2 aromatic heterocycles. The van der Waals surface area contributed by atoms with Gasteiger partial charge in [0.05, 0.1) is 5.02 Å². The molecule has 2 aliphatic heterocycles. The van der Waals surface area contributed by atoms with Crippen molar-refractivity contribution in [2.75, 3.05) is 26.2 Å². The van der Waals surface area contributed by atoms with Crippen LogP contribution in [0.15, 0.2) is 18.3 Å². The number of nitrogens with zero attached hydrogens (tertiary/aromatic N) is 5. The largest absolute Gasteiger partial charge is 0.323 e. The quantitative estimate of drug-likeness (QED) is 0.574. The topological polar surface area (TPSA) is 78.0 Å². The van der Waals surface area contributed by atoms with Crippen molar-refractivity contribution in [1.82, 2.24) is 30.0 Å². The number of carbonyl (C=O) groups is 1. The van der Waals surface area contributed by atoms with E-state index in [4.69, 9.17) is 11.6 Å². The Morgan fingerprint density at radius 2 is 1.68 bits per heavy atom. The number of rotatable bonds is 4. The van der Waals surface area contributed by atoms with E-state index in [9.17, 15) is 13.6 Å². The van der Waals surface area contributed by atoms with Gasteiger partial charge < -0.3 is 9.80 Å². The Bertz CT molecular complexity index is 1160. The Morgan fingerprint density at radius 1 is 1.00 bits per heavy atom. The lowest BCUT2D eigenvalue weighted by atomic mass is 9.57. The standard InChI is InChI=1S/C27H33ClF2N6O/c28-20-1-2-21(31-12-20)7-17-3-5-25(6-4-17)13-35(14-25)24(37)36-15-26(16-36)8-18(9-26)22-32-23(34-33-22)19-10-27(29,30)11-19/h1-2,12,17-19H,3-11,13-16H2,(H,32,33,34). The van der Waals surface area contributed by atoms with Gasteiger partial charge in [0.25, 0.3) is 0 Å². The number of nitrogens with one attached hydrogen (secondary N) is 1. The summed E-state index contributed by atoms with van der Waals surface area (Å²) in [7, 11) is 0. The molecule has 2 aromatic rings. The molecular formula is C27H33ClF2N6O. The summed E-state index contributed by atoms with van der Waals surface area (Å²) in [6, 6.07) is 4.14. The number of H-pyrrole nitrogens is 1. The maximum absolute atomic E-state index is 13.2. The van der Waals surface area contributed by atoms with Crippen LogP contribution in [0.1, 0.15) is 80.5 Å². The van der Waals surface area contributed by atoms with Crippen LogP contribution in [0.2, 0.25) is 5.02 Å². The monoisotopic (exact) mass is 530 g/mol. The summed E-state index contributed by atoms with van der Waals surface area (Å²) < 4.78 is 26.3. The van der Waals surface area contributed by atoms with Crippen LogP contribution < -0.4 is 0 Å². The summed E-state index contributed by atoms with van der Waals surface area (Å²) in [6.45, 7) is 3.42. The van der Waals surface area contributed by atoms with E-state index < -0.39 is 5.92 Å². The van der Waals surface area contributed by atoms with Gasteiger partial charge in [-0.3, -0.25) is 10.1 Å². The zero-order valence-corrected chi connectivity index (χ0v) is 21.7. The molecule has 3 saturated carbocycles. The first kappa shape index (κ1) is 23.8. The van der Waals surface area contributed by atoms with Gasteiger partial charge in [0.1, 0.15) is 5.82 Å². The van der Waals surface area contributed by atoms with Crippen LogP contribution in [0, 0.1) is 16.7 Å². The van der Waals surface area contributed by atoms with Gasteiger partial charge in [-0.2, -0.15) is 5.10 Å². The van der Waals surface area contributed by atoms with Crippen LogP contribution >= 0.6 is 11.6 Å². The van der Waals surface area contributed by atoms with Crippen LogP contribution in [0.4, 0.5) is 13.6 Å². The van der Waals surface area contributed by atoms with Crippen molar-refractivity contribution >= 4 is 17.6 Å². The number of hydrogen-bond donors (Lipinski definition) is 1. The number of amides is 2. The second-order valence-electron chi connectivity index (χ2n) is 12.8. The zero-order chi connectivity index (χ0) is 25.4. The van der Waals surface area contributed by atoms with E-state index in [2.05, 4.69) is 20.2 Å². The molecular weight excluding hydrogens is 498 g/mol. The van der Waals surface area contributed by atoms with E-state index in [0.29, 0.717) is 28.1 Å². The van der Waals surface area contributed by atoms with Gasteiger partial charge in [-0.05, 0) is 63.0 Å². The zero-order valence-electron chi connectivity index (χ0n) is 20.9. The smallest absolute Gasteiger partial charge is 0.320 e. The highest BCUT2D eigenvalue weighted by atomic mass is 35.5. The van der Waals surface area contributed by atoms with Gasteiger partial charge >= 0.3 is 6.03 Å². The molecule has 0 atom stereocenters. The van der Waals surface area contributed by atoms with Crippen molar-refractivity contribution < 1.29 is 13.6 Å². The summed E-state index contributed by atoms with van der Waals surface area (Å²) in [5.74, 6) is -0.451. The van der Waals surface area contributed by atoms with Crippen LogP contribution in [0.3, 0.4) is 0 Å². The highest BCUT2D eigenvalue weighted by molar-refractivity contribution is 6.30. The molecule has 198 valence electrons. The lowest BCUT2D eigenvalue weighted by molar-refractivity contribution is -0.0885. The number of pyridine rings is 1. The molecule has 1 N–H and O–H groups in total. The molecule has 37 heavy (non-hydrogen) atoms. The summed E-state index contributed by atoms with van der Waals surface area (Å²) in [5, 5.41) is 7.87. The molecule has 3 aliphatic carbocycles. The first-order valence-electron chi connectivity index (χ1n) is 13.6. The van der Waals surface area contributed by atoms with E-state index in [1.54, 1.807) is 6.20 Å². The number of urea groups is 1. The Kier molecular flexibility index (Phi) is 5.37. The number of aromatic nitrogens is 4. The van der Waals surface area contributed by atoms with E-state index in [0.717, 1.165) is 57.0 Å². The minimum Gasteiger partial charge on any atom is -0.323 e. The number of alkyl halides is 2. The molecule has 5 fully saturated rings. The highest BCUT2D eigenvalue weighted by Crippen LogP contribution is 2.56. The molecule has 0 bridgehead atoms. The average molecular weight is 531 g/mol. The Labute approximate surface area is 220 Å². The third-order valence-electron chi connectivity index (χ3n) is 9.82. The van der Waals surface area contributed by atoms with Crippen molar-refractivity contribution in [1.29, 1.82) is 0 Å². The van der Waals surface area contributed by atoms with Gasteiger partial charge in [-0.1, -0.05) is 11.6 Å². The molecule has 0 unspecified atom stereocenters. The molecule has 2 saturated heterocycles. The maximum Gasteiger partial charge on any atom is 0.320 e. The van der Waals surface area contributed by atoms with E-state index in [1.165, 1.54) is 25.7 Å². The summed E-state index contributed by atoms with van der Waals surface area (Å²) >= 11 is 5.95. The minimum atomic E-state index is -2.56. The van der Waals surface area contributed by atoms with Crippen molar-refractivity contribution in [3.63, 3.8) is 0 Å². The lowest BCUT2D eigenvalue weighted by Gasteiger charge is -2.61. The fraction of sp³-hybridized carbons (Fsp3) is 0.704.